The number of para-hydroxylation sites is 1. The third-order valence-electron chi connectivity index (χ3n) is 4.56. The third kappa shape index (κ3) is 4.06. The molecule has 2 heterocycles. The van der Waals surface area contributed by atoms with E-state index >= 15 is 0 Å². The Morgan fingerprint density at radius 2 is 1.76 bits per heavy atom. The zero-order chi connectivity index (χ0) is 17.1. The van der Waals surface area contributed by atoms with Crippen LogP contribution in [0.1, 0.15) is 0 Å². The molecule has 0 unspecified atom stereocenters. The number of nitrogens with zero attached hydrogens (tertiary/aromatic N) is 3. The maximum atomic E-state index is 5.97. The van der Waals surface area contributed by atoms with Gasteiger partial charge in [0.05, 0.1) is 10.2 Å². The van der Waals surface area contributed by atoms with Gasteiger partial charge in [0.15, 0.2) is 5.13 Å². The number of anilines is 2. The Morgan fingerprint density at radius 1 is 1.00 bits per heavy atom. The molecule has 0 atom stereocenters. The second-order valence-corrected chi connectivity index (χ2v) is 7.69. The van der Waals surface area contributed by atoms with Gasteiger partial charge in [0.25, 0.3) is 0 Å². The molecule has 0 radical (unpaired) electrons. The highest BCUT2D eigenvalue weighted by atomic mass is 35.5. The van der Waals surface area contributed by atoms with Crippen molar-refractivity contribution in [2.45, 2.75) is 0 Å². The molecule has 0 aliphatic carbocycles. The Balaban J connectivity index is 1.24. The van der Waals surface area contributed by atoms with Gasteiger partial charge in [-0.3, -0.25) is 4.90 Å². The van der Waals surface area contributed by atoms with E-state index in [2.05, 4.69) is 50.4 Å². The van der Waals surface area contributed by atoms with Crippen LogP contribution in [0.15, 0.2) is 48.5 Å². The van der Waals surface area contributed by atoms with Crippen LogP contribution in [-0.2, 0) is 0 Å². The molecule has 1 aliphatic rings. The smallest absolute Gasteiger partial charge is 0.183 e. The van der Waals surface area contributed by atoms with E-state index in [1.165, 1.54) is 10.4 Å². The lowest BCUT2D eigenvalue weighted by molar-refractivity contribution is 0.267. The van der Waals surface area contributed by atoms with Crippen LogP contribution in [0.25, 0.3) is 10.2 Å². The third-order valence-corrected chi connectivity index (χ3v) is 5.81. The van der Waals surface area contributed by atoms with E-state index in [1.807, 2.05) is 18.2 Å². The van der Waals surface area contributed by atoms with Crippen molar-refractivity contribution in [3.05, 3.63) is 53.6 Å². The number of aromatic nitrogens is 1. The van der Waals surface area contributed by atoms with Crippen LogP contribution in [0, 0.1) is 0 Å². The monoisotopic (exact) mass is 372 g/mol. The topological polar surface area (TPSA) is 31.4 Å². The fourth-order valence-corrected chi connectivity index (χ4v) is 4.17. The number of fused-ring (bicyclic) bond motifs is 1. The van der Waals surface area contributed by atoms with Gasteiger partial charge in [-0.05, 0) is 36.4 Å². The standard InChI is InChI=1S/C19H21ClN4S/c20-15-5-7-16(8-6-15)24-13-11-23(12-14-24)10-9-21-19-22-17-3-1-2-4-18(17)25-19/h1-8H,9-14H2,(H,21,22). The van der Waals surface area contributed by atoms with Gasteiger partial charge in [0.1, 0.15) is 0 Å². The number of nitrogens with one attached hydrogen (secondary N) is 1. The summed E-state index contributed by atoms with van der Waals surface area (Å²) in [6.45, 7) is 6.27. The average Bonchev–Trinajstić information content (AvgIpc) is 3.06. The van der Waals surface area contributed by atoms with Gasteiger partial charge in [-0.25, -0.2) is 4.98 Å². The summed E-state index contributed by atoms with van der Waals surface area (Å²) in [5.74, 6) is 0. The molecule has 4 nitrogen and oxygen atoms in total. The highest BCUT2D eigenvalue weighted by molar-refractivity contribution is 7.22. The molecule has 0 amide bonds. The van der Waals surface area contributed by atoms with E-state index in [4.69, 9.17) is 11.6 Å². The maximum Gasteiger partial charge on any atom is 0.183 e. The highest BCUT2D eigenvalue weighted by Crippen LogP contribution is 2.25. The van der Waals surface area contributed by atoms with E-state index < -0.39 is 0 Å². The fraction of sp³-hybridized carbons (Fsp3) is 0.316. The average molecular weight is 373 g/mol. The maximum absolute atomic E-state index is 5.97. The lowest BCUT2D eigenvalue weighted by Crippen LogP contribution is -2.47. The molecule has 2 aromatic carbocycles. The molecular formula is C19H21ClN4S. The molecule has 1 N–H and O–H groups in total. The molecule has 1 aromatic heterocycles. The number of benzene rings is 2. The van der Waals surface area contributed by atoms with E-state index in [1.54, 1.807) is 11.3 Å². The van der Waals surface area contributed by atoms with Crippen molar-refractivity contribution >= 4 is 44.0 Å². The van der Waals surface area contributed by atoms with Crippen LogP contribution in [0.2, 0.25) is 5.02 Å². The predicted octanol–water partition coefficient (Wildman–Crippen LogP) is 4.18. The summed E-state index contributed by atoms with van der Waals surface area (Å²) in [7, 11) is 0. The second-order valence-electron chi connectivity index (χ2n) is 6.22. The second kappa shape index (κ2) is 7.60. The number of hydrogen-bond donors (Lipinski definition) is 1. The van der Waals surface area contributed by atoms with Crippen molar-refractivity contribution in [3.8, 4) is 0 Å². The largest absolute Gasteiger partial charge is 0.369 e. The zero-order valence-electron chi connectivity index (χ0n) is 14.0. The molecule has 4 rings (SSSR count). The predicted molar refractivity (Wildman–Crippen MR) is 108 cm³/mol. The van der Waals surface area contributed by atoms with Gasteiger partial charge in [-0.15, -0.1) is 0 Å². The van der Waals surface area contributed by atoms with Crippen LogP contribution in [0.3, 0.4) is 0 Å². The minimum absolute atomic E-state index is 0.795. The van der Waals surface area contributed by atoms with Crippen LogP contribution in [-0.4, -0.2) is 49.2 Å². The number of halogens is 1. The van der Waals surface area contributed by atoms with E-state index in [0.717, 1.165) is 54.9 Å². The molecule has 0 bridgehead atoms. The first-order valence-corrected chi connectivity index (χ1v) is 9.80. The fourth-order valence-electron chi connectivity index (χ4n) is 3.15. The summed E-state index contributed by atoms with van der Waals surface area (Å²) in [6.07, 6.45) is 0. The molecule has 25 heavy (non-hydrogen) atoms. The summed E-state index contributed by atoms with van der Waals surface area (Å²) in [5.41, 5.74) is 2.34. The molecular weight excluding hydrogens is 352 g/mol. The molecule has 1 saturated heterocycles. The Kier molecular flexibility index (Phi) is 5.06. The molecule has 3 aromatic rings. The zero-order valence-corrected chi connectivity index (χ0v) is 15.6. The number of thiazole rings is 1. The molecule has 6 heteroatoms. The van der Waals surface area contributed by atoms with Crippen LogP contribution < -0.4 is 10.2 Å². The van der Waals surface area contributed by atoms with E-state index in [9.17, 15) is 0 Å². The summed E-state index contributed by atoms with van der Waals surface area (Å²) in [5, 5.41) is 5.28. The minimum Gasteiger partial charge on any atom is -0.369 e. The molecule has 130 valence electrons. The molecule has 0 spiro atoms. The van der Waals surface area contributed by atoms with Gasteiger partial charge >= 0.3 is 0 Å². The van der Waals surface area contributed by atoms with Crippen molar-refractivity contribution in [1.29, 1.82) is 0 Å². The van der Waals surface area contributed by atoms with Crippen LogP contribution in [0.5, 0.6) is 0 Å². The Labute approximate surface area is 157 Å². The first-order chi connectivity index (χ1) is 12.3. The van der Waals surface area contributed by atoms with Crippen molar-refractivity contribution in [2.24, 2.45) is 0 Å². The summed E-state index contributed by atoms with van der Waals surface area (Å²) < 4.78 is 1.24. The van der Waals surface area contributed by atoms with Gasteiger partial charge in [-0.2, -0.15) is 0 Å². The number of piperazine rings is 1. The van der Waals surface area contributed by atoms with Gasteiger partial charge in [0.2, 0.25) is 0 Å². The SMILES string of the molecule is Clc1ccc(N2CCN(CCNc3nc4ccccc4s3)CC2)cc1. The van der Waals surface area contributed by atoms with Gasteiger partial charge in [-0.1, -0.05) is 35.1 Å². The van der Waals surface area contributed by atoms with Crippen LogP contribution in [0.4, 0.5) is 10.8 Å². The van der Waals surface area contributed by atoms with Crippen molar-refractivity contribution in [1.82, 2.24) is 9.88 Å². The highest BCUT2D eigenvalue weighted by Gasteiger charge is 2.16. The van der Waals surface area contributed by atoms with Crippen molar-refractivity contribution < 1.29 is 0 Å². The van der Waals surface area contributed by atoms with E-state index in [0.29, 0.717) is 0 Å². The molecule has 0 saturated carbocycles. The molecule has 1 fully saturated rings. The Bertz CT molecular complexity index is 792. The van der Waals surface area contributed by atoms with Crippen LogP contribution >= 0.6 is 22.9 Å². The lowest BCUT2D eigenvalue weighted by Gasteiger charge is -2.36. The van der Waals surface area contributed by atoms with E-state index in [-0.39, 0.29) is 0 Å². The normalized spacial score (nSPS) is 15.6. The Hall–Kier alpha value is -1.82. The summed E-state index contributed by atoms with van der Waals surface area (Å²) >= 11 is 7.69. The Morgan fingerprint density at radius 3 is 2.52 bits per heavy atom. The first kappa shape index (κ1) is 16.6. The van der Waals surface area contributed by atoms with Crippen molar-refractivity contribution in [3.63, 3.8) is 0 Å². The summed E-state index contributed by atoms with van der Waals surface area (Å²) in [4.78, 5) is 9.56. The van der Waals surface area contributed by atoms with Gasteiger partial charge < -0.3 is 10.2 Å². The minimum atomic E-state index is 0.795. The number of hydrogen-bond acceptors (Lipinski definition) is 5. The number of rotatable bonds is 5. The van der Waals surface area contributed by atoms with Gasteiger partial charge in [0, 0.05) is 50.0 Å². The first-order valence-electron chi connectivity index (χ1n) is 8.60. The quantitative estimate of drug-likeness (QED) is 0.727. The molecule has 1 aliphatic heterocycles. The lowest BCUT2D eigenvalue weighted by atomic mass is 10.2. The summed E-state index contributed by atoms with van der Waals surface area (Å²) in [6, 6.07) is 16.4. The van der Waals surface area contributed by atoms with Crippen molar-refractivity contribution in [2.75, 3.05) is 49.5 Å².